The number of hydrogen-bond donors (Lipinski definition) is 1. The lowest BCUT2D eigenvalue weighted by Crippen LogP contribution is -2.16. The minimum Gasteiger partial charge on any atom is -0.482 e. The van der Waals surface area contributed by atoms with Gasteiger partial charge >= 0.3 is 0 Å². The van der Waals surface area contributed by atoms with Gasteiger partial charge in [0.1, 0.15) is 6.61 Å². The van der Waals surface area contributed by atoms with E-state index in [2.05, 4.69) is 15.3 Å². The van der Waals surface area contributed by atoms with Gasteiger partial charge in [0.15, 0.2) is 17.4 Å². The highest BCUT2D eigenvalue weighted by Crippen LogP contribution is 2.25. The van der Waals surface area contributed by atoms with Crippen molar-refractivity contribution < 1.29 is 9.13 Å². The Kier molecular flexibility index (Phi) is 3.87. The van der Waals surface area contributed by atoms with Crippen molar-refractivity contribution in [1.29, 1.82) is 0 Å². The zero-order valence-corrected chi connectivity index (χ0v) is 11.1. The average Bonchev–Trinajstić information content (AvgIpc) is 3.29. The zero-order chi connectivity index (χ0) is 13.8. The maximum atomic E-state index is 13.9. The fourth-order valence-corrected chi connectivity index (χ4v) is 1.94. The van der Waals surface area contributed by atoms with Crippen molar-refractivity contribution in [1.82, 2.24) is 15.3 Å². The molecule has 3 rings (SSSR count). The highest BCUT2D eigenvalue weighted by Gasteiger charge is 2.21. The van der Waals surface area contributed by atoms with E-state index >= 15 is 0 Å². The Labute approximate surface area is 117 Å². The normalized spacial score (nSPS) is 14.2. The molecule has 1 aromatic heterocycles. The Morgan fingerprint density at radius 2 is 2.00 bits per heavy atom. The fourth-order valence-electron chi connectivity index (χ4n) is 1.94. The van der Waals surface area contributed by atoms with Gasteiger partial charge in [0, 0.05) is 30.5 Å². The van der Waals surface area contributed by atoms with Gasteiger partial charge in [-0.05, 0) is 25.0 Å². The Hall–Kier alpha value is -2.01. The summed E-state index contributed by atoms with van der Waals surface area (Å²) in [5.41, 5.74) is 0.827. The molecule has 4 nitrogen and oxygen atoms in total. The SMILES string of the molecule is Fc1cccc(CNC2CC2)c1OCc1ncccn1. The third-order valence-corrected chi connectivity index (χ3v) is 3.17. The van der Waals surface area contributed by atoms with E-state index in [0.29, 0.717) is 18.4 Å². The third kappa shape index (κ3) is 3.30. The molecule has 0 radical (unpaired) electrons. The number of nitrogens with zero attached hydrogens (tertiary/aromatic N) is 2. The van der Waals surface area contributed by atoms with Crippen LogP contribution in [0, 0.1) is 5.82 Å². The summed E-state index contributed by atoms with van der Waals surface area (Å²) in [5, 5.41) is 3.36. The summed E-state index contributed by atoms with van der Waals surface area (Å²) in [5.74, 6) is 0.473. The second kappa shape index (κ2) is 5.96. The molecular formula is C15H16FN3O. The molecule has 5 heteroatoms. The molecule has 1 N–H and O–H groups in total. The first-order valence-corrected chi connectivity index (χ1v) is 6.72. The van der Waals surface area contributed by atoms with Gasteiger partial charge in [-0.25, -0.2) is 14.4 Å². The van der Waals surface area contributed by atoms with E-state index < -0.39 is 0 Å². The second-order valence-electron chi connectivity index (χ2n) is 4.84. The number of rotatable bonds is 6. The predicted octanol–water partition coefficient (Wildman–Crippen LogP) is 2.45. The summed E-state index contributed by atoms with van der Waals surface area (Å²) in [6, 6.07) is 7.29. The summed E-state index contributed by atoms with van der Waals surface area (Å²) in [6.45, 7) is 0.783. The summed E-state index contributed by atoms with van der Waals surface area (Å²) < 4.78 is 19.5. The predicted molar refractivity (Wildman–Crippen MR) is 72.6 cm³/mol. The molecule has 104 valence electrons. The molecular weight excluding hydrogens is 257 g/mol. The molecule has 0 atom stereocenters. The van der Waals surface area contributed by atoms with E-state index in [1.807, 2.05) is 6.07 Å². The summed E-state index contributed by atoms with van der Waals surface area (Å²) in [4.78, 5) is 8.13. The first-order valence-electron chi connectivity index (χ1n) is 6.72. The standard InChI is InChI=1S/C15H16FN3O/c16-13-4-1-3-11(9-19-12-5-6-12)15(13)20-10-14-17-7-2-8-18-14/h1-4,7-8,12,19H,5-6,9-10H2. The first-order chi connectivity index (χ1) is 9.83. The molecule has 0 unspecified atom stereocenters. The van der Waals surface area contributed by atoms with Crippen LogP contribution in [0.2, 0.25) is 0 Å². The molecule has 1 aliphatic carbocycles. The molecule has 0 saturated heterocycles. The number of benzene rings is 1. The molecule has 1 heterocycles. The number of para-hydroxylation sites is 1. The Morgan fingerprint density at radius 3 is 2.75 bits per heavy atom. The lowest BCUT2D eigenvalue weighted by Gasteiger charge is -2.12. The van der Waals surface area contributed by atoms with Crippen molar-refractivity contribution in [3.8, 4) is 5.75 Å². The molecule has 1 fully saturated rings. The van der Waals surface area contributed by atoms with Gasteiger partial charge in [0.25, 0.3) is 0 Å². The van der Waals surface area contributed by atoms with Crippen molar-refractivity contribution in [2.24, 2.45) is 0 Å². The largest absolute Gasteiger partial charge is 0.482 e. The van der Waals surface area contributed by atoms with Crippen molar-refractivity contribution in [3.05, 3.63) is 53.9 Å². The number of hydrogen-bond acceptors (Lipinski definition) is 4. The molecule has 2 aromatic rings. The van der Waals surface area contributed by atoms with Crippen LogP contribution in [-0.4, -0.2) is 16.0 Å². The molecule has 0 aliphatic heterocycles. The summed E-state index contributed by atoms with van der Waals surface area (Å²) in [7, 11) is 0. The van der Waals surface area contributed by atoms with E-state index in [-0.39, 0.29) is 18.2 Å². The first kappa shape index (κ1) is 13.0. The summed E-state index contributed by atoms with van der Waals surface area (Å²) in [6.07, 6.45) is 5.68. The van der Waals surface area contributed by atoms with Crippen LogP contribution in [0.15, 0.2) is 36.7 Å². The lowest BCUT2D eigenvalue weighted by molar-refractivity contribution is 0.277. The van der Waals surface area contributed by atoms with Crippen LogP contribution >= 0.6 is 0 Å². The van der Waals surface area contributed by atoms with Crippen LogP contribution in [0.1, 0.15) is 24.2 Å². The van der Waals surface area contributed by atoms with Crippen LogP contribution in [0.3, 0.4) is 0 Å². The van der Waals surface area contributed by atoms with Crippen LogP contribution < -0.4 is 10.1 Å². The zero-order valence-electron chi connectivity index (χ0n) is 11.1. The fraction of sp³-hybridized carbons (Fsp3) is 0.333. The molecule has 20 heavy (non-hydrogen) atoms. The van der Waals surface area contributed by atoms with Gasteiger partial charge in [-0.2, -0.15) is 0 Å². The van der Waals surface area contributed by atoms with Crippen LogP contribution in [0.25, 0.3) is 0 Å². The minimum atomic E-state index is -0.351. The lowest BCUT2D eigenvalue weighted by atomic mass is 10.2. The Balaban J connectivity index is 1.69. The van der Waals surface area contributed by atoms with Crippen LogP contribution in [0.5, 0.6) is 5.75 Å². The van der Waals surface area contributed by atoms with Crippen LogP contribution in [-0.2, 0) is 13.2 Å². The van der Waals surface area contributed by atoms with Crippen molar-refractivity contribution in [2.75, 3.05) is 0 Å². The van der Waals surface area contributed by atoms with Gasteiger partial charge in [-0.15, -0.1) is 0 Å². The van der Waals surface area contributed by atoms with Gasteiger partial charge in [-0.1, -0.05) is 12.1 Å². The number of halogens is 1. The topological polar surface area (TPSA) is 47.0 Å². The summed E-state index contributed by atoms with van der Waals surface area (Å²) >= 11 is 0. The molecule has 0 bridgehead atoms. The number of aromatic nitrogens is 2. The number of nitrogens with one attached hydrogen (secondary N) is 1. The average molecular weight is 273 g/mol. The smallest absolute Gasteiger partial charge is 0.166 e. The van der Waals surface area contributed by atoms with Crippen molar-refractivity contribution in [2.45, 2.75) is 32.0 Å². The Morgan fingerprint density at radius 1 is 1.20 bits per heavy atom. The molecule has 0 amide bonds. The minimum absolute atomic E-state index is 0.165. The van der Waals surface area contributed by atoms with E-state index in [4.69, 9.17) is 4.74 Å². The van der Waals surface area contributed by atoms with Gasteiger partial charge in [0.2, 0.25) is 0 Å². The number of ether oxygens (including phenoxy) is 1. The van der Waals surface area contributed by atoms with E-state index in [1.165, 1.54) is 18.9 Å². The van der Waals surface area contributed by atoms with E-state index in [9.17, 15) is 4.39 Å². The van der Waals surface area contributed by atoms with Gasteiger partial charge in [-0.3, -0.25) is 0 Å². The van der Waals surface area contributed by atoms with Crippen molar-refractivity contribution >= 4 is 0 Å². The van der Waals surface area contributed by atoms with E-state index in [1.54, 1.807) is 24.5 Å². The maximum absolute atomic E-state index is 13.9. The monoisotopic (exact) mass is 273 g/mol. The molecule has 1 saturated carbocycles. The highest BCUT2D eigenvalue weighted by atomic mass is 19.1. The van der Waals surface area contributed by atoms with Gasteiger partial charge in [0.05, 0.1) is 0 Å². The molecule has 1 aromatic carbocycles. The molecule has 1 aliphatic rings. The van der Waals surface area contributed by atoms with Gasteiger partial charge < -0.3 is 10.1 Å². The highest BCUT2D eigenvalue weighted by molar-refractivity contribution is 5.35. The second-order valence-corrected chi connectivity index (χ2v) is 4.84. The third-order valence-electron chi connectivity index (χ3n) is 3.17. The Bertz CT molecular complexity index is 573. The van der Waals surface area contributed by atoms with Crippen molar-refractivity contribution in [3.63, 3.8) is 0 Å². The molecule has 0 spiro atoms. The maximum Gasteiger partial charge on any atom is 0.166 e. The quantitative estimate of drug-likeness (QED) is 0.878. The van der Waals surface area contributed by atoms with Crippen LogP contribution in [0.4, 0.5) is 4.39 Å². The van der Waals surface area contributed by atoms with E-state index in [0.717, 1.165) is 5.56 Å².